The van der Waals surface area contributed by atoms with E-state index >= 15 is 0 Å². The molecule has 0 atom stereocenters. The van der Waals surface area contributed by atoms with Gasteiger partial charge in [0, 0.05) is 5.69 Å². The zero-order valence-electron chi connectivity index (χ0n) is 7.51. The van der Waals surface area contributed by atoms with E-state index in [1.165, 1.54) is 5.56 Å². The van der Waals surface area contributed by atoms with Gasteiger partial charge in [0.1, 0.15) is 0 Å². The second kappa shape index (κ2) is 5.21. The van der Waals surface area contributed by atoms with Crippen LogP contribution in [0.25, 0.3) is 0 Å². The Morgan fingerprint density at radius 1 is 1.46 bits per heavy atom. The molecule has 0 saturated heterocycles. The van der Waals surface area contributed by atoms with Crippen molar-refractivity contribution < 1.29 is 4.79 Å². The molecule has 0 saturated carbocycles. The van der Waals surface area contributed by atoms with E-state index in [4.69, 9.17) is 0 Å². The summed E-state index contributed by atoms with van der Waals surface area (Å²) in [6, 6.07) is 7.88. The van der Waals surface area contributed by atoms with Crippen molar-refractivity contribution in [2.24, 2.45) is 0 Å². The molecule has 0 bridgehead atoms. The summed E-state index contributed by atoms with van der Waals surface area (Å²) in [6.07, 6.45) is 0.942. The molecule has 0 spiro atoms. The number of aryl methyl sites for hydroxylation is 1. The third-order valence-corrected chi connectivity index (χ3v) is 2.49. The highest BCUT2D eigenvalue weighted by molar-refractivity contribution is 14.1. The van der Waals surface area contributed by atoms with Gasteiger partial charge < -0.3 is 5.32 Å². The molecule has 1 amide bonds. The lowest BCUT2D eigenvalue weighted by Gasteiger charge is -2.07. The Kier molecular flexibility index (Phi) is 4.21. The fourth-order valence-corrected chi connectivity index (χ4v) is 1.32. The molecule has 1 aromatic carbocycles. The number of carbonyl (C=O) groups excluding carboxylic acids is 1. The minimum absolute atomic E-state index is 0.0569. The molecule has 0 heterocycles. The zero-order chi connectivity index (χ0) is 9.68. The molecule has 0 aliphatic rings. The van der Waals surface area contributed by atoms with Crippen LogP contribution in [0.1, 0.15) is 12.5 Å². The highest BCUT2D eigenvalue weighted by Gasteiger charge is 2.02. The van der Waals surface area contributed by atoms with Gasteiger partial charge in [-0.25, -0.2) is 0 Å². The molecule has 0 radical (unpaired) electrons. The summed E-state index contributed by atoms with van der Waals surface area (Å²) < 4.78 is 0.496. The number of nitrogens with one attached hydrogen (secondary N) is 1. The Morgan fingerprint density at radius 2 is 2.15 bits per heavy atom. The van der Waals surface area contributed by atoms with Crippen LogP contribution in [0.15, 0.2) is 24.3 Å². The topological polar surface area (TPSA) is 29.1 Å². The van der Waals surface area contributed by atoms with Gasteiger partial charge in [-0.2, -0.15) is 0 Å². The molecular formula is C10H12INO. The van der Waals surface area contributed by atoms with Gasteiger partial charge in [0.25, 0.3) is 0 Å². The lowest BCUT2D eigenvalue weighted by molar-refractivity contribution is -0.113. The van der Waals surface area contributed by atoms with E-state index in [0.29, 0.717) is 4.43 Å². The van der Waals surface area contributed by atoms with Crippen LogP contribution >= 0.6 is 22.6 Å². The average molecular weight is 289 g/mol. The Bertz CT molecular complexity index is 299. The predicted molar refractivity (Wildman–Crippen MR) is 63.3 cm³/mol. The van der Waals surface area contributed by atoms with Gasteiger partial charge in [0.2, 0.25) is 5.91 Å². The number of carbonyl (C=O) groups is 1. The molecule has 70 valence electrons. The molecule has 0 fully saturated rings. The van der Waals surface area contributed by atoms with E-state index in [1.807, 2.05) is 24.3 Å². The Labute approximate surface area is 91.9 Å². The number of anilines is 1. The molecule has 1 rings (SSSR count). The van der Waals surface area contributed by atoms with E-state index in [1.54, 1.807) is 0 Å². The summed E-state index contributed by atoms with van der Waals surface area (Å²) in [5.74, 6) is 0.0569. The first kappa shape index (κ1) is 10.5. The van der Waals surface area contributed by atoms with Crippen LogP contribution < -0.4 is 5.32 Å². The quantitative estimate of drug-likeness (QED) is 0.672. The minimum atomic E-state index is 0.0569. The molecule has 0 aliphatic heterocycles. The lowest BCUT2D eigenvalue weighted by Crippen LogP contribution is -2.13. The third kappa shape index (κ3) is 2.99. The number of amides is 1. The summed E-state index contributed by atoms with van der Waals surface area (Å²) in [5.41, 5.74) is 2.12. The second-order valence-electron chi connectivity index (χ2n) is 2.69. The van der Waals surface area contributed by atoms with Gasteiger partial charge in [0.15, 0.2) is 0 Å². The van der Waals surface area contributed by atoms with E-state index in [-0.39, 0.29) is 5.91 Å². The van der Waals surface area contributed by atoms with Crippen molar-refractivity contribution in [3.63, 3.8) is 0 Å². The van der Waals surface area contributed by atoms with Gasteiger partial charge in [0.05, 0.1) is 4.43 Å². The highest BCUT2D eigenvalue weighted by atomic mass is 127. The lowest BCUT2D eigenvalue weighted by atomic mass is 10.1. The molecule has 13 heavy (non-hydrogen) atoms. The maximum Gasteiger partial charge on any atom is 0.234 e. The number of halogens is 1. The van der Waals surface area contributed by atoms with Gasteiger partial charge in [-0.3, -0.25) is 4.79 Å². The first-order valence-corrected chi connectivity index (χ1v) is 5.74. The maximum absolute atomic E-state index is 11.1. The van der Waals surface area contributed by atoms with Crippen LogP contribution in [0.2, 0.25) is 0 Å². The Balaban J connectivity index is 2.81. The zero-order valence-corrected chi connectivity index (χ0v) is 9.67. The monoisotopic (exact) mass is 289 g/mol. The molecule has 0 aliphatic carbocycles. The van der Waals surface area contributed by atoms with Gasteiger partial charge in [-0.1, -0.05) is 47.7 Å². The van der Waals surface area contributed by atoms with Gasteiger partial charge >= 0.3 is 0 Å². The van der Waals surface area contributed by atoms with E-state index in [9.17, 15) is 4.79 Å². The summed E-state index contributed by atoms with van der Waals surface area (Å²) in [5, 5.41) is 2.86. The standard InChI is InChI=1S/C10H12INO/c1-2-8-5-3-4-6-9(8)12-10(13)7-11/h3-6H,2,7H2,1H3,(H,12,13). The molecule has 1 aromatic rings. The summed E-state index contributed by atoms with van der Waals surface area (Å²) in [6.45, 7) is 2.08. The molecule has 1 N–H and O–H groups in total. The van der Waals surface area contributed by atoms with Gasteiger partial charge in [-0.05, 0) is 18.1 Å². The van der Waals surface area contributed by atoms with Crippen molar-refractivity contribution in [1.82, 2.24) is 0 Å². The molecule has 2 nitrogen and oxygen atoms in total. The second-order valence-corrected chi connectivity index (χ2v) is 3.46. The first-order chi connectivity index (χ1) is 6.27. The van der Waals surface area contributed by atoms with Crippen LogP contribution in [-0.2, 0) is 11.2 Å². The fraction of sp³-hybridized carbons (Fsp3) is 0.300. The summed E-state index contributed by atoms with van der Waals surface area (Å²) >= 11 is 2.05. The average Bonchev–Trinajstić information content (AvgIpc) is 2.18. The van der Waals surface area contributed by atoms with E-state index in [0.717, 1.165) is 12.1 Å². The Morgan fingerprint density at radius 3 is 2.77 bits per heavy atom. The third-order valence-electron chi connectivity index (χ3n) is 1.79. The molecular weight excluding hydrogens is 277 g/mol. The normalized spacial score (nSPS) is 9.69. The maximum atomic E-state index is 11.1. The predicted octanol–water partition coefficient (Wildman–Crippen LogP) is 2.62. The minimum Gasteiger partial charge on any atom is -0.325 e. The smallest absolute Gasteiger partial charge is 0.234 e. The number of para-hydroxylation sites is 1. The van der Waals surface area contributed by atoms with Crippen molar-refractivity contribution in [2.45, 2.75) is 13.3 Å². The summed E-state index contributed by atoms with van der Waals surface area (Å²) in [7, 11) is 0. The van der Waals surface area contributed by atoms with Crippen molar-refractivity contribution in [3.8, 4) is 0 Å². The number of hydrogen-bond donors (Lipinski definition) is 1. The van der Waals surface area contributed by atoms with Crippen molar-refractivity contribution >= 4 is 34.2 Å². The van der Waals surface area contributed by atoms with Crippen LogP contribution in [0, 0.1) is 0 Å². The highest BCUT2D eigenvalue weighted by Crippen LogP contribution is 2.15. The van der Waals surface area contributed by atoms with Crippen LogP contribution in [0.3, 0.4) is 0 Å². The molecule has 0 unspecified atom stereocenters. The summed E-state index contributed by atoms with van der Waals surface area (Å²) in [4.78, 5) is 11.1. The van der Waals surface area contributed by atoms with E-state index < -0.39 is 0 Å². The largest absolute Gasteiger partial charge is 0.325 e. The fourth-order valence-electron chi connectivity index (χ4n) is 1.13. The van der Waals surface area contributed by atoms with Crippen LogP contribution in [0.5, 0.6) is 0 Å². The number of hydrogen-bond acceptors (Lipinski definition) is 1. The van der Waals surface area contributed by atoms with Crippen molar-refractivity contribution in [2.75, 3.05) is 9.74 Å². The van der Waals surface area contributed by atoms with E-state index in [2.05, 4.69) is 34.8 Å². The van der Waals surface area contributed by atoms with Crippen LogP contribution in [0.4, 0.5) is 5.69 Å². The van der Waals surface area contributed by atoms with Crippen LogP contribution in [-0.4, -0.2) is 10.3 Å². The van der Waals surface area contributed by atoms with Gasteiger partial charge in [-0.15, -0.1) is 0 Å². The molecule has 0 aromatic heterocycles. The van der Waals surface area contributed by atoms with Crippen molar-refractivity contribution in [1.29, 1.82) is 0 Å². The first-order valence-electron chi connectivity index (χ1n) is 4.21. The number of alkyl halides is 1. The number of benzene rings is 1. The van der Waals surface area contributed by atoms with Crippen molar-refractivity contribution in [3.05, 3.63) is 29.8 Å². The molecule has 3 heteroatoms. The Hall–Kier alpha value is -0.580. The number of rotatable bonds is 3. The SMILES string of the molecule is CCc1ccccc1NC(=O)CI.